The monoisotopic (exact) mass is 363 g/mol. The van der Waals surface area contributed by atoms with Gasteiger partial charge in [0.2, 0.25) is 0 Å². The molecule has 1 aliphatic heterocycles. The first-order valence-corrected chi connectivity index (χ1v) is 8.86. The number of anilines is 1. The summed E-state index contributed by atoms with van der Waals surface area (Å²) in [4.78, 5) is 0. The second kappa shape index (κ2) is 5.73. The van der Waals surface area contributed by atoms with E-state index in [2.05, 4.69) is 30.5 Å². The van der Waals surface area contributed by atoms with Gasteiger partial charge in [0, 0.05) is 26.7 Å². The SMILES string of the molecule is Cc1cc(Cl)cc2c1N[C@H](c1ccc(Cl)cc1Cl)[C@H]1CC=C[C@H]21. The van der Waals surface area contributed by atoms with Crippen molar-refractivity contribution in [1.82, 2.24) is 0 Å². The van der Waals surface area contributed by atoms with E-state index < -0.39 is 0 Å². The Hall–Kier alpha value is -1.15. The molecule has 4 rings (SSSR count). The summed E-state index contributed by atoms with van der Waals surface area (Å²) in [5.41, 5.74) is 4.74. The van der Waals surface area contributed by atoms with E-state index in [9.17, 15) is 0 Å². The summed E-state index contributed by atoms with van der Waals surface area (Å²) >= 11 is 18.8. The molecule has 2 aromatic rings. The maximum atomic E-state index is 6.48. The summed E-state index contributed by atoms with van der Waals surface area (Å²) in [6, 6.07) is 10.0. The number of hydrogen-bond acceptors (Lipinski definition) is 1. The fraction of sp³-hybridized carbons (Fsp3) is 0.263. The average molecular weight is 365 g/mol. The smallest absolute Gasteiger partial charge is 0.0568 e. The maximum absolute atomic E-state index is 6.48. The van der Waals surface area contributed by atoms with Crippen LogP contribution in [0.5, 0.6) is 0 Å². The summed E-state index contributed by atoms with van der Waals surface area (Å²) < 4.78 is 0. The molecule has 3 atom stereocenters. The number of fused-ring (bicyclic) bond motifs is 3. The van der Waals surface area contributed by atoms with Crippen LogP contribution in [-0.2, 0) is 0 Å². The minimum atomic E-state index is 0.173. The van der Waals surface area contributed by atoms with Crippen LogP contribution in [0.25, 0.3) is 0 Å². The molecule has 0 amide bonds. The first-order valence-electron chi connectivity index (χ1n) is 7.73. The van der Waals surface area contributed by atoms with Crippen LogP contribution < -0.4 is 5.32 Å². The van der Waals surface area contributed by atoms with Crippen LogP contribution >= 0.6 is 34.8 Å². The third-order valence-electron chi connectivity index (χ3n) is 4.93. The van der Waals surface area contributed by atoms with Gasteiger partial charge in [0.05, 0.1) is 6.04 Å². The number of rotatable bonds is 1. The van der Waals surface area contributed by atoms with Gasteiger partial charge in [-0.3, -0.25) is 0 Å². The molecule has 1 aliphatic carbocycles. The van der Waals surface area contributed by atoms with E-state index >= 15 is 0 Å². The van der Waals surface area contributed by atoms with Gasteiger partial charge in [-0.05, 0) is 60.2 Å². The summed E-state index contributed by atoms with van der Waals surface area (Å²) in [6.07, 6.45) is 5.60. The lowest BCUT2D eigenvalue weighted by molar-refractivity contribution is 0.425. The third-order valence-corrected chi connectivity index (χ3v) is 5.71. The van der Waals surface area contributed by atoms with Gasteiger partial charge in [-0.15, -0.1) is 0 Å². The average Bonchev–Trinajstić information content (AvgIpc) is 2.97. The summed E-state index contributed by atoms with van der Waals surface area (Å²) in [5, 5.41) is 5.89. The van der Waals surface area contributed by atoms with Crippen molar-refractivity contribution in [2.24, 2.45) is 5.92 Å². The van der Waals surface area contributed by atoms with Crippen molar-refractivity contribution >= 4 is 40.5 Å². The molecule has 0 aromatic heterocycles. The lowest BCUT2D eigenvalue weighted by Crippen LogP contribution is -2.29. The summed E-state index contributed by atoms with van der Waals surface area (Å²) in [6.45, 7) is 2.09. The van der Waals surface area contributed by atoms with Gasteiger partial charge in [0.25, 0.3) is 0 Å². The standard InChI is InChI=1S/C19H16Cl3N/c1-10-7-12(21)8-16-13-3-2-4-14(13)19(23-18(10)16)15-6-5-11(20)9-17(15)22/h2-3,5-9,13-14,19,23H,4H2,1H3/t13-,14-,19-/m0/s1. The van der Waals surface area contributed by atoms with Gasteiger partial charge in [0.1, 0.15) is 0 Å². The molecule has 0 bridgehead atoms. The molecule has 0 unspecified atom stereocenters. The topological polar surface area (TPSA) is 12.0 Å². The molecule has 23 heavy (non-hydrogen) atoms. The molecule has 2 aliphatic rings. The Bertz CT molecular complexity index is 813. The number of nitrogens with one attached hydrogen (secondary N) is 1. The van der Waals surface area contributed by atoms with Crippen LogP contribution in [-0.4, -0.2) is 0 Å². The second-order valence-electron chi connectivity index (χ2n) is 6.33. The molecular formula is C19H16Cl3N. The second-order valence-corrected chi connectivity index (χ2v) is 7.61. The molecular weight excluding hydrogens is 349 g/mol. The molecule has 0 saturated carbocycles. The Morgan fingerprint density at radius 2 is 1.83 bits per heavy atom. The highest BCUT2D eigenvalue weighted by Gasteiger charge is 2.39. The zero-order valence-electron chi connectivity index (χ0n) is 12.6. The zero-order chi connectivity index (χ0) is 16.1. The van der Waals surface area contributed by atoms with E-state index in [1.54, 1.807) is 0 Å². The van der Waals surface area contributed by atoms with E-state index in [1.807, 2.05) is 24.3 Å². The van der Waals surface area contributed by atoms with Crippen molar-refractivity contribution in [1.29, 1.82) is 0 Å². The molecule has 0 saturated heterocycles. The van der Waals surface area contributed by atoms with Crippen molar-refractivity contribution in [3.8, 4) is 0 Å². The summed E-state index contributed by atoms with van der Waals surface area (Å²) in [7, 11) is 0. The van der Waals surface area contributed by atoms with Gasteiger partial charge in [-0.2, -0.15) is 0 Å². The first-order chi connectivity index (χ1) is 11.0. The maximum Gasteiger partial charge on any atom is 0.0568 e. The van der Waals surface area contributed by atoms with Gasteiger partial charge in [0.15, 0.2) is 0 Å². The van der Waals surface area contributed by atoms with E-state index in [-0.39, 0.29) is 6.04 Å². The number of hydrogen-bond donors (Lipinski definition) is 1. The zero-order valence-corrected chi connectivity index (χ0v) is 14.9. The highest BCUT2D eigenvalue weighted by Crippen LogP contribution is 2.52. The third kappa shape index (κ3) is 2.55. The first kappa shape index (κ1) is 15.4. The van der Waals surface area contributed by atoms with Crippen molar-refractivity contribution < 1.29 is 0 Å². The highest BCUT2D eigenvalue weighted by molar-refractivity contribution is 6.35. The number of benzene rings is 2. The van der Waals surface area contributed by atoms with Crippen molar-refractivity contribution in [2.45, 2.75) is 25.3 Å². The molecule has 2 aromatic carbocycles. The largest absolute Gasteiger partial charge is 0.377 e. The molecule has 0 radical (unpaired) electrons. The molecule has 1 nitrogen and oxygen atoms in total. The molecule has 0 spiro atoms. The molecule has 4 heteroatoms. The van der Waals surface area contributed by atoms with E-state index in [0.29, 0.717) is 16.9 Å². The van der Waals surface area contributed by atoms with Crippen LogP contribution in [0.4, 0.5) is 5.69 Å². The van der Waals surface area contributed by atoms with E-state index in [1.165, 1.54) is 16.8 Å². The number of allylic oxidation sites excluding steroid dienone is 2. The molecule has 1 N–H and O–H groups in total. The quantitative estimate of drug-likeness (QED) is 0.550. The van der Waals surface area contributed by atoms with Crippen LogP contribution in [0.1, 0.15) is 35.1 Å². The van der Waals surface area contributed by atoms with Crippen molar-refractivity contribution in [3.63, 3.8) is 0 Å². The minimum absolute atomic E-state index is 0.173. The van der Waals surface area contributed by atoms with Gasteiger partial charge < -0.3 is 5.32 Å². The molecule has 1 heterocycles. The fourth-order valence-corrected chi connectivity index (χ4v) is 4.71. The Morgan fingerprint density at radius 3 is 2.61 bits per heavy atom. The number of aryl methyl sites for hydroxylation is 1. The Kier molecular flexibility index (Phi) is 3.84. The Morgan fingerprint density at radius 1 is 1.00 bits per heavy atom. The minimum Gasteiger partial charge on any atom is -0.377 e. The van der Waals surface area contributed by atoms with Crippen LogP contribution in [0.2, 0.25) is 15.1 Å². The van der Waals surface area contributed by atoms with Crippen LogP contribution in [0.15, 0.2) is 42.5 Å². The lowest BCUT2D eigenvalue weighted by atomic mass is 9.76. The fourth-order valence-electron chi connectivity index (χ4n) is 3.90. The van der Waals surface area contributed by atoms with Gasteiger partial charge in [-0.25, -0.2) is 0 Å². The molecule has 118 valence electrons. The number of halogens is 3. The van der Waals surface area contributed by atoms with Crippen LogP contribution in [0.3, 0.4) is 0 Å². The highest BCUT2D eigenvalue weighted by atomic mass is 35.5. The normalized spacial score (nSPS) is 25.0. The van der Waals surface area contributed by atoms with Crippen LogP contribution in [0, 0.1) is 12.8 Å². The Labute approximate surface area is 151 Å². The van der Waals surface area contributed by atoms with Gasteiger partial charge in [-0.1, -0.05) is 53.0 Å². The Balaban J connectivity index is 1.84. The van der Waals surface area contributed by atoms with Crippen molar-refractivity contribution in [2.75, 3.05) is 5.32 Å². The molecule has 0 fully saturated rings. The summed E-state index contributed by atoms with van der Waals surface area (Å²) in [5.74, 6) is 0.819. The predicted molar refractivity (Wildman–Crippen MR) is 99.0 cm³/mol. The van der Waals surface area contributed by atoms with Crippen molar-refractivity contribution in [3.05, 3.63) is 74.2 Å². The van der Waals surface area contributed by atoms with Gasteiger partial charge >= 0.3 is 0 Å². The lowest BCUT2D eigenvalue weighted by Gasteiger charge is -2.38. The van der Waals surface area contributed by atoms with E-state index in [0.717, 1.165) is 22.0 Å². The predicted octanol–water partition coefficient (Wildman–Crippen LogP) is 6.78. The van der Waals surface area contributed by atoms with E-state index in [4.69, 9.17) is 34.8 Å².